The van der Waals surface area contributed by atoms with Crippen molar-refractivity contribution in [2.45, 2.75) is 25.7 Å². The first-order valence-electron chi connectivity index (χ1n) is 12.7. The van der Waals surface area contributed by atoms with E-state index in [1.807, 2.05) is 19.1 Å². The van der Waals surface area contributed by atoms with Crippen LogP contribution in [-0.2, 0) is 19.5 Å². The Morgan fingerprint density at radius 1 is 0.921 bits per heavy atom. The van der Waals surface area contributed by atoms with E-state index in [-0.39, 0.29) is 37.1 Å². The average Bonchev–Trinajstić information content (AvgIpc) is 3.33. The largest absolute Gasteiger partial charge is 0.383 e. The highest BCUT2D eigenvalue weighted by molar-refractivity contribution is 7.89. The standard InChI is InChI=1S/C27H38N4O5S2/c1-6-29(7-2)14-15-31(27-28-24-13-8-21(3)20-25(24)37-27)26(32)22-9-11-23(12-10-22)38(33,34)30(16-18-35-4)17-19-36-5/h8-13,20H,6-7,14-19H2,1-5H3. The summed E-state index contributed by atoms with van der Waals surface area (Å²) in [5, 5.41) is 0.629. The summed E-state index contributed by atoms with van der Waals surface area (Å²) in [6, 6.07) is 12.2. The third-order valence-corrected chi connectivity index (χ3v) is 9.33. The molecule has 0 aliphatic carbocycles. The molecule has 1 amide bonds. The lowest BCUT2D eigenvalue weighted by Crippen LogP contribution is -2.39. The zero-order chi connectivity index (χ0) is 27.7. The second kappa shape index (κ2) is 14.1. The Balaban J connectivity index is 1.90. The summed E-state index contributed by atoms with van der Waals surface area (Å²) in [6.45, 7) is 10.1. The molecule has 0 aliphatic rings. The maximum atomic E-state index is 13.7. The summed E-state index contributed by atoms with van der Waals surface area (Å²) in [4.78, 5) is 22.6. The monoisotopic (exact) mass is 562 g/mol. The number of aromatic nitrogens is 1. The van der Waals surface area contributed by atoms with Gasteiger partial charge in [-0.05, 0) is 62.0 Å². The van der Waals surface area contributed by atoms with Crippen molar-refractivity contribution in [3.8, 4) is 0 Å². The van der Waals surface area contributed by atoms with Crippen molar-refractivity contribution < 1.29 is 22.7 Å². The van der Waals surface area contributed by atoms with Crippen LogP contribution in [0.4, 0.5) is 5.13 Å². The van der Waals surface area contributed by atoms with E-state index in [0.717, 1.165) is 28.9 Å². The number of fused-ring (bicyclic) bond motifs is 1. The van der Waals surface area contributed by atoms with Gasteiger partial charge in [-0.25, -0.2) is 13.4 Å². The number of aryl methyl sites for hydroxylation is 1. The van der Waals surface area contributed by atoms with Crippen molar-refractivity contribution in [2.75, 3.05) is 71.6 Å². The van der Waals surface area contributed by atoms with Crippen molar-refractivity contribution in [3.05, 3.63) is 53.6 Å². The summed E-state index contributed by atoms with van der Waals surface area (Å²) < 4.78 is 39.0. The van der Waals surface area contributed by atoms with E-state index in [4.69, 9.17) is 14.5 Å². The minimum Gasteiger partial charge on any atom is -0.383 e. The fourth-order valence-electron chi connectivity index (χ4n) is 4.01. The Bertz CT molecular complexity index is 1280. The number of carbonyl (C=O) groups is 1. The highest BCUT2D eigenvalue weighted by Crippen LogP contribution is 2.30. The van der Waals surface area contributed by atoms with Crippen LogP contribution in [0.3, 0.4) is 0 Å². The van der Waals surface area contributed by atoms with E-state index < -0.39 is 10.0 Å². The number of amides is 1. The molecule has 9 nitrogen and oxygen atoms in total. The molecule has 0 saturated heterocycles. The number of methoxy groups -OCH3 is 2. The second-order valence-electron chi connectivity index (χ2n) is 8.87. The first-order chi connectivity index (χ1) is 18.2. The number of anilines is 1. The summed E-state index contributed by atoms with van der Waals surface area (Å²) in [6.07, 6.45) is 0. The van der Waals surface area contributed by atoms with Crippen LogP contribution < -0.4 is 4.90 Å². The molecule has 0 radical (unpaired) electrons. The van der Waals surface area contributed by atoms with Gasteiger partial charge in [-0.1, -0.05) is 31.3 Å². The van der Waals surface area contributed by atoms with Crippen molar-refractivity contribution in [3.63, 3.8) is 0 Å². The Morgan fingerprint density at radius 2 is 1.55 bits per heavy atom. The molecule has 0 N–H and O–H groups in total. The molecule has 0 saturated carbocycles. The van der Waals surface area contributed by atoms with Gasteiger partial charge in [0.05, 0.1) is 28.3 Å². The van der Waals surface area contributed by atoms with Crippen LogP contribution in [0.5, 0.6) is 0 Å². The van der Waals surface area contributed by atoms with Crippen molar-refractivity contribution in [1.29, 1.82) is 0 Å². The first-order valence-corrected chi connectivity index (χ1v) is 15.0. The minimum atomic E-state index is -3.78. The molecule has 0 spiro atoms. The number of ether oxygens (including phenoxy) is 2. The third kappa shape index (κ3) is 7.37. The van der Waals surface area contributed by atoms with Crippen LogP contribution in [0, 0.1) is 6.92 Å². The molecule has 11 heteroatoms. The second-order valence-corrected chi connectivity index (χ2v) is 11.8. The van der Waals surface area contributed by atoms with Gasteiger partial charge in [0.1, 0.15) is 0 Å². The lowest BCUT2D eigenvalue weighted by molar-refractivity contribution is 0.0983. The number of rotatable bonds is 15. The summed E-state index contributed by atoms with van der Waals surface area (Å²) >= 11 is 1.49. The number of sulfonamides is 1. The molecule has 2 aromatic carbocycles. The Kier molecular flexibility index (Phi) is 11.2. The van der Waals surface area contributed by atoms with Gasteiger partial charge in [0.15, 0.2) is 5.13 Å². The average molecular weight is 563 g/mol. The fraction of sp³-hybridized carbons (Fsp3) is 0.481. The number of nitrogens with zero attached hydrogens (tertiary/aromatic N) is 4. The molecule has 0 fully saturated rings. The molecular formula is C27H38N4O5S2. The number of hydrogen-bond acceptors (Lipinski definition) is 8. The van der Waals surface area contributed by atoms with Crippen molar-refractivity contribution in [2.24, 2.45) is 0 Å². The summed E-state index contributed by atoms with van der Waals surface area (Å²) in [5.74, 6) is -0.215. The highest BCUT2D eigenvalue weighted by Gasteiger charge is 2.26. The van der Waals surface area contributed by atoms with Gasteiger partial charge < -0.3 is 14.4 Å². The molecule has 1 heterocycles. The number of thiazole rings is 1. The Labute approximate surface area is 230 Å². The van der Waals surface area contributed by atoms with Gasteiger partial charge in [-0.2, -0.15) is 4.31 Å². The van der Waals surface area contributed by atoms with Gasteiger partial charge in [0.25, 0.3) is 5.91 Å². The molecule has 208 valence electrons. The van der Waals surface area contributed by atoms with Gasteiger partial charge in [0, 0.05) is 46.0 Å². The Morgan fingerprint density at radius 3 is 2.13 bits per heavy atom. The van der Waals surface area contributed by atoms with E-state index in [1.54, 1.807) is 17.0 Å². The van der Waals surface area contributed by atoms with E-state index in [2.05, 4.69) is 24.8 Å². The zero-order valence-corrected chi connectivity index (χ0v) is 24.5. The highest BCUT2D eigenvalue weighted by atomic mass is 32.2. The molecule has 0 aliphatic heterocycles. The maximum absolute atomic E-state index is 13.7. The molecule has 0 bridgehead atoms. The SMILES string of the molecule is CCN(CC)CCN(C(=O)c1ccc(S(=O)(=O)N(CCOC)CCOC)cc1)c1nc2ccc(C)cc2s1. The van der Waals surface area contributed by atoms with Crippen molar-refractivity contribution in [1.82, 2.24) is 14.2 Å². The third-order valence-electron chi connectivity index (χ3n) is 6.37. The van der Waals surface area contributed by atoms with E-state index in [0.29, 0.717) is 23.8 Å². The number of carbonyl (C=O) groups excluding carboxylic acids is 1. The van der Waals surface area contributed by atoms with E-state index in [1.165, 1.54) is 42.0 Å². The van der Waals surface area contributed by atoms with Crippen LogP contribution in [-0.4, -0.2) is 95.2 Å². The molecule has 0 unspecified atom stereocenters. The topological polar surface area (TPSA) is 92.3 Å². The number of hydrogen-bond donors (Lipinski definition) is 0. The van der Waals surface area contributed by atoms with Crippen LogP contribution in [0.15, 0.2) is 47.4 Å². The van der Waals surface area contributed by atoms with Gasteiger partial charge >= 0.3 is 0 Å². The predicted molar refractivity (Wildman–Crippen MR) is 153 cm³/mol. The molecule has 0 atom stereocenters. The predicted octanol–water partition coefficient (Wildman–Crippen LogP) is 3.88. The maximum Gasteiger partial charge on any atom is 0.260 e. The zero-order valence-electron chi connectivity index (χ0n) is 22.8. The van der Waals surface area contributed by atoms with Crippen LogP contribution in [0.2, 0.25) is 0 Å². The minimum absolute atomic E-state index is 0.117. The molecular weight excluding hydrogens is 524 g/mol. The molecule has 3 rings (SSSR count). The van der Waals surface area contributed by atoms with E-state index >= 15 is 0 Å². The fourth-order valence-corrected chi connectivity index (χ4v) is 6.51. The van der Waals surface area contributed by atoms with Gasteiger partial charge in [0.2, 0.25) is 10.0 Å². The normalized spacial score (nSPS) is 12.1. The molecule has 1 aromatic heterocycles. The molecule has 38 heavy (non-hydrogen) atoms. The summed E-state index contributed by atoms with van der Waals surface area (Å²) in [7, 11) is -0.723. The van der Waals surface area contributed by atoms with Gasteiger partial charge in [-0.3, -0.25) is 9.69 Å². The number of benzene rings is 2. The van der Waals surface area contributed by atoms with Crippen LogP contribution in [0.1, 0.15) is 29.8 Å². The summed E-state index contributed by atoms with van der Waals surface area (Å²) in [5.41, 5.74) is 2.39. The first kappa shape index (κ1) is 30.1. The van der Waals surface area contributed by atoms with Crippen LogP contribution >= 0.6 is 11.3 Å². The lowest BCUT2D eigenvalue weighted by atomic mass is 10.2. The van der Waals surface area contributed by atoms with E-state index in [9.17, 15) is 13.2 Å². The quantitative estimate of drug-likeness (QED) is 0.278. The lowest BCUT2D eigenvalue weighted by Gasteiger charge is -2.25. The van der Waals surface area contributed by atoms with Crippen molar-refractivity contribution >= 4 is 42.6 Å². The molecule has 3 aromatic rings. The van der Waals surface area contributed by atoms with Gasteiger partial charge in [-0.15, -0.1) is 0 Å². The number of likely N-dealkylation sites (N-methyl/N-ethyl adjacent to an activating group) is 1. The smallest absolute Gasteiger partial charge is 0.260 e. The Hall–Kier alpha value is -2.41. The van der Waals surface area contributed by atoms with Crippen LogP contribution in [0.25, 0.3) is 10.2 Å².